The molecule has 0 aromatic heterocycles. The molecule has 0 N–H and O–H groups in total. The Morgan fingerprint density at radius 1 is 0.600 bits per heavy atom. The molecule has 4 rings (SSSR count). The lowest BCUT2D eigenvalue weighted by Crippen LogP contribution is -2.47. The van der Waals surface area contributed by atoms with Crippen molar-refractivity contribution >= 4 is 0 Å². The van der Waals surface area contributed by atoms with Gasteiger partial charge in [-0.2, -0.15) is 17.6 Å². The van der Waals surface area contributed by atoms with Gasteiger partial charge in [-0.3, -0.25) is 0 Å². The van der Waals surface area contributed by atoms with Crippen LogP contribution in [-0.2, 0) is 0 Å². The van der Waals surface area contributed by atoms with E-state index in [1.54, 1.807) is 0 Å². The Labute approximate surface area is 179 Å². The summed E-state index contributed by atoms with van der Waals surface area (Å²) in [6.07, 6.45) is 16.4. The van der Waals surface area contributed by atoms with Crippen LogP contribution in [0.15, 0.2) is 23.3 Å². The number of hydrogen-bond acceptors (Lipinski definition) is 0. The molecule has 0 amide bonds. The Morgan fingerprint density at radius 3 is 1.47 bits per heavy atom. The third-order valence-electron chi connectivity index (χ3n) is 9.19. The van der Waals surface area contributed by atoms with Crippen molar-refractivity contribution in [3.05, 3.63) is 23.3 Å². The van der Waals surface area contributed by atoms with E-state index in [0.717, 1.165) is 37.5 Å². The van der Waals surface area contributed by atoms with Crippen LogP contribution in [0, 0.1) is 35.5 Å². The van der Waals surface area contributed by atoms with Gasteiger partial charge >= 0.3 is 11.8 Å². The van der Waals surface area contributed by atoms with Gasteiger partial charge in [-0.1, -0.05) is 31.9 Å². The van der Waals surface area contributed by atoms with Gasteiger partial charge < -0.3 is 0 Å². The smallest absolute Gasteiger partial charge is 0.194 e. The Kier molecular flexibility index (Phi) is 6.43. The van der Waals surface area contributed by atoms with Crippen molar-refractivity contribution in [1.82, 2.24) is 0 Å². The summed E-state index contributed by atoms with van der Waals surface area (Å²) in [4.78, 5) is 0. The van der Waals surface area contributed by atoms with E-state index in [1.807, 2.05) is 0 Å². The Hall–Kier alpha value is -0.800. The van der Waals surface area contributed by atoms with E-state index in [2.05, 4.69) is 6.92 Å². The lowest BCUT2D eigenvalue weighted by Gasteiger charge is -2.42. The molecular weight excluding hydrogens is 388 g/mol. The van der Waals surface area contributed by atoms with Crippen LogP contribution < -0.4 is 0 Å². The first-order chi connectivity index (χ1) is 14.2. The minimum absolute atomic E-state index is 0.327. The Bertz CT molecular complexity index is 653. The minimum Gasteiger partial charge on any atom is -0.194 e. The number of allylic oxidation sites excluding steroid dienone is 4. The standard InChI is InChI=1S/C26H38F4/c1-17-3-6-19(7-4-17)20-8-10-21(11-9-20)22-12-14-23(15-13-22)24-16-5-18(2)25(27,28)26(24,29)30/h5,16-17,19-23H,3-4,6-15H2,1-2H3. The van der Waals surface area contributed by atoms with Gasteiger partial charge in [0.25, 0.3) is 0 Å². The molecule has 0 atom stereocenters. The van der Waals surface area contributed by atoms with Crippen LogP contribution in [0.4, 0.5) is 17.6 Å². The molecule has 4 aliphatic rings. The Balaban J connectivity index is 1.28. The van der Waals surface area contributed by atoms with Crippen molar-refractivity contribution in [3.63, 3.8) is 0 Å². The summed E-state index contributed by atoms with van der Waals surface area (Å²) in [5, 5.41) is 0. The highest BCUT2D eigenvalue weighted by Crippen LogP contribution is 2.53. The first-order valence-corrected chi connectivity index (χ1v) is 12.3. The lowest BCUT2D eigenvalue weighted by atomic mass is 9.64. The summed E-state index contributed by atoms with van der Waals surface area (Å²) in [5.41, 5.74) is -0.860. The second-order valence-corrected chi connectivity index (χ2v) is 10.9. The highest BCUT2D eigenvalue weighted by molar-refractivity contribution is 5.38. The molecule has 0 aromatic carbocycles. The van der Waals surface area contributed by atoms with E-state index in [9.17, 15) is 17.6 Å². The predicted molar refractivity (Wildman–Crippen MR) is 114 cm³/mol. The van der Waals surface area contributed by atoms with E-state index >= 15 is 0 Å². The van der Waals surface area contributed by atoms with E-state index < -0.39 is 23.3 Å². The average Bonchev–Trinajstić information content (AvgIpc) is 2.74. The summed E-state index contributed by atoms with van der Waals surface area (Å²) in [5.74, 6) is -4.45. The molecule has 170 valence electrons. The van der Waals surface area contributed by atoms with Gasteiger partial charge in [-0.05, 0) is 107 Å². The second kappa shape index (κ2) is 8.62. The Morgan fingerprint density at radius 2 is 1.00 bits per heavy atom. The fourth-order valence-electron chi connectivity index (χ4n) is 6.99. The maximum absolute atomic E-state index is 14.5. The third kappa shape index (κ3) is 4.13. The largest absolute Gasteiger partial charge is 0.336 e. The van der Waals surface area contributed by atoms with Gasteiger partial charge in [-0.25, -0.2) is 0 Å². The van der Waals surface area contributed by atoms with E-state index in [-0.39, 0.29) is 5.57 Å². The molecule has 0 heterocycles. The summed E-state index contributed by atoms with van der Waals surface area (Å²) < 4.78 is 57.2. The zero-order chi connectivity index (χ0) is 21.5. The van der Waals surface area contributed by atoms with Crippen molar-refractivity contribution in [3.8, 4) is 0 Å². The van der Waals surface area contributed by atoms with Crippen molar-refractivity contribution in [2.24, 2.45) is 35.5 Å². The van der Waals surface area contributed by atoms with E-state index in [0.29, 0.717) is 24.7 Å². The van der Waals surface area contributed by atoms with E-state index in [1.165, 1.54) is 63.5 Å². The first-order valence-electron chi connectivity index (χ1n) is 12.3. The summed E-state index contributed by atoms with van der Waals surface area (Å²) in [7, 11) is 0. The van der Waals surface area contributed by atoms with Crippen LogP contribution in [0.3, 0.4) is 0 Å². The van der Waals surface area contributed by atoms with Crippen molar-refractivity contribution in [2.45, 2.75) is 103 Å². The van der Waals surface area contributed by atoms with Crippen LogP contribution in [0.2, 0.25) is 0 Å². The number of alkyl halides is 4. The van der Waals surface area contributed by atoms with Gasteiger partial charge in [0.15, 0.2) is 0 Å². The van der Waals surface area contributed by atoms with Gasteiger partial charge in [0.1, 0.15) is 0 Å². The second-order valence-electron chi connectivity index (χ2n) is 10.9. The van der Waals surface area contributed by atoms with Crippen molar-refractivity contribution in [1.29, 1.82) is 0 Å². The zero-order valence-corrected chi connectivity index (χ0v) is 18.6. The molecule has 0 saturated heterocycles. The topological polar surface area (TPSA) is 0 Å². The maximum atomic E-state index is 14.5. The fraction of sp³-hybridized carbons (Fsp3) is 0.846. The highest BCUT2D eigenvalue weighted by Gasteiger charge is 2.61. The highest BCUT2D eigenvalue weighted by atomic mass is 19.3. The number of rotatable bonds is 3. The number of hydrogen-bond donors (Lipinski definition) is 0. The molecule has 0 unspecified atom stereocenters. The zero-order valence-electron chi connectivity index (χ0n) is 18.6. The molecule has 3 fully saturated rings. The molecule has 0 aliphatic heterocycles. The van der Waals surface area contributed by atoms with Gasteiger partial charge in [-0.15, -0.1) is 0 Å². The first kappa shape index (κ1) is 22.4. The normalized spacial score (nSPS) is 41.7. The van der Waals surface area contributed by atoms with E-state index in [4.69, 9.17) is 0 Å². The molecule has 0 radical (unpaired) electrons. The molecule has 3 saturated carbocycles. The molecule has 0 aromatic rings. The summed E-state index contributed by atoms with van der Waals surface area (Å²) >= 11 is 0. The third-order valence-corrected chi connectivity index (χ3v) is 9.19. The van der Waals surface area contributed by atoms with Gasteiger partial charge in [0, 0.05) is 11.1 Å². The quantitative estimate of drug-likeness (QED) is 0.396. The molecule has 0 bridgehead atoms. The maximum Gasteiger partial charge on any atom is 0.336 e. The van der Waals surface area contributed by atoms with Crippen molar-refractivity contribution < 1.29 is 17.6 Å². The summed E-state index contributed by atoms with van der Waals surface area (Å²) in [6, 6.07) is 0. The molecule has 30 heavy (non-hydrogen) atoms. The summed E-state index contributed by atoms with van der Waals surface area (Å²) in [6.45, 7) is 3.48. The van der Waals surface area contributed by atoms with Crippen LogP contribution in [0.5, 0.6) is 0 Å². The van der Waals surface area contributed by atoms with Gasteiger partial charge in [0.05, 0.1) is 0 Å². The lowest BCUT2D eigenvalue weighted by molar-refractivity contribution is -0.168. The SMILES string of the molecule is CC1=CC=C(C2CCC(C3CCC(C4CCC(C)CC4)CC3)CC2)C(F)(F)C1(F)F. The molecule has 0 spiro atoms. The van der Waals surface area contributed by atoms with Crippen LogP contribution >= 0.6 is 0 Å². The average molecular weight is 427 g/mol. The van der Waals surface area contributed by atoms with Crippen LogP contribution in [-0.4, -0.2) is 11.8 Å². The monoisotopic (exact) mass is 426 g/mol. The predicted octanol–water partition coefficient (Wildman–Crippen LogP) is 8.58. The molecule has 4 aliphatic carbocycles. The minimum atomic E-state index is -4.05. The van der Waals surface area contributed by atoms with Crippen LogP contribution in [0.1, 0.15) is 90.9 Å². The number of halogens is 4. The van der Waals surface area contributed by atoms with Crippen molar-refractivity contribution in [2.75, 3.05) is 0 Å². The fourth-order valence-corrected chi connectivity index (χ4v) is 6.99. The molecule has 4 heteroatoms. The van der Waals surface area contributed by atoms with Gasteiger partial charge in [0.2, 0.25) is 0 Å². The molecule has 0 nitrogen and oxygen atoms in total. The van der Waals surface area contributed by atoms with Crippen LogP contribution in [0.25, 0.3) is 0 Å². The molecular formula is C26H38F4.